The van der Waals surface area contributed by atoms with Crippen molar-refractivity contribution in [3.63, 3.8) is 0 Å². The van der Waals surface area contributed by atoms with Gasteiger partial charge in [0, 0.05) is 37.9 Å². The lowest BCUT2D eigenvalue weighted by Crippen LogP contribution is -2.59. The Morgan fingerprint density at radius 1 is 1.22 bits per heavy atom. The van der Waals surface area contributed by atoms with Gasteiger partial charge in [-0.25, -0.2) is 22.9 Å². The summed E-state index contributed by atoms with van der Waals surface area (Å²) in [5, 5.41) is 0. The van der Waals surface area contributed by atoms with Gasteiger partial charge in [0.1, 0.15) is 0 Å². The SMILES string of the molecule is COC(=O)N1CCC[C@H](NS(C)(=O)=O)[C@@H]1COC1CCN(c2nccc(OC)n2)CC1.Cl. The smallest absolute Gasteiger partial charge is 0.409 e. The number of rotatable bonds is 7. The van der Waals surface area contributed by atoms with Crippen LogP contribution in [0.1, 0.15) is 25.7 Å². The summed E-state index contributed by atoms with van der Waals surface area (Å²) in [6.45, 7) is 2.21. The van der Waals surface area contributed by atoms with Gasteiger partial charge in [0.25, 0.3) is 0 Å². The average Bonchev–Trinajstić information content (AvgIpc) is 2.77. The average molecular weight is 494 g/mol. The molecule has 2 aliphatic heterocycles. The molecule has 32 heavy (non-hydrogen) atoms. The number of likely N-dealkylation sites (tertiary alicyclic amines) is 1. The molecule has 0 radical (unpaired) electrons. The van der Waals surface area contributed by atoms with E-state index >= 15 is 0 Å². The molecule has 0 aliphatic carbocycles. The fraction of sp³-hybridized carbons (Fsp3) is 0.737. The summed E-state index contributed by atoms with van der Waals surface area (Å²) in [4.78, 5) is 24.6. The molecule has 182 valence electrons. The van der Waals surface area contributed by atoms with Gasteiger partial charge < -0.3 is 24.0 Å². The number of carbonyl (C=O) groups excluding carboxylic acids is 1. The maximum Gasteiger partial charge on any atom is 0.409 e. The van der Waals surface area contributed by atoms with Crippen molar-refractivity contribution in [2.45, 2.75) is 43.9 Å². The number of hydrogen-bond acceptors (Lipinski definition) is 9. The third-order valence-corrected chi connectivity index (χ3v) is 6.34. The second kappa shape index (κ2) is 11.8. The number of sulfonamides is 1. The molecule has 1 aromatic heterocycles. The van der Waals surface area contributed by atoms with Gasteiger partial charge in [-0.2, -0.15) is 4.98 Å². The number of nitrogens with zero attached hydrogens (tertiary/aromatic N) is 4. The number of halogens is 1. The predicted octanol–water partition coefficient (Wildman–Crippen LogP) is 1.04. The third-order valence-electron chi connectivity index (χ3n) is 5.61. The maximum absolute atomic E-state index is 12.2. The van der Waals surface area contributed by atoms with Crippen molar-refractivity contribution in [3.05, 3.63) is 12.3 Å². The van der Waals surface area contributed by atoms with Crippen molar-refractivity contribution in [3.8, 4) is 5.88 Å². The molecule has 1 N–H and O–H groups in total. The molecule has 0 bridgehead atoms. The van der Waals surface area contributed by atoms with E-state index in [0.29, 0.717) is 31.2 Å². The van der Waals surface area contributed by atoms with Gasteiger partial charge in [0.05, 0.1) is 39.2 Å². The van der Waals surface area contributed by atoms with Crippen LogP contribution in [0.5, 0.6) is 5.88 Å². The molecule has 1 aromatic rings. The Morgan fingerprint density at radius 3 is 2.56 bits per heavy atom. The lowest BCUT2D eigenvalue weighted by Gasteiger charge is -2.41. The van der Waals surface area contributed by atoms with Crippen molar-refractivity contribution in [2.75, 3.05) is 51.6 Å². The van der Waals surface area contributed by atoms with Crippen LogP contribution in [0.25, 0.3) is 0 Å². The highest BCUT2D eigenvalue weighted by Crippen LogP contribution is 2.23. The van der Waals surface area contributed by atoms with E-state index in [1.54, 1.807) is 24.3 Å². The fourth-order valence-corrected chi connectivity index (χ4v) is 4.90. The first-order valence-electron chi connectivity index (χ1n) is 10.4. The van der Waals surface area contributed by atoms with Crippen LogP contribution in [0, 0.1) is 0 Å². The standard InChI is InChI=1S/C19H31N5O6S.ClH/c1-28-17-6-9-20-18(21-17)23-11-7-14(8-12-23)30-13-16-15(22-31(3,26)27)5-4-10-24(16)19(25)29-2;/h6,9,14-16,22H,4-5,7-8,10-13H2,1-3H3;1H/t15-,16-;/m0./s1. The summed E-state index contributed by atoms with van der Waals surface area (Å²) in [5.74, 6) is 1.15. The minimum absolute atomic E-state index is 0. The Labute approximate surface area is 195 Å². The van der Waals surface area contributed by atoms with Crippen LogP contribution in [-0.2, 0) is 19.5 Å². The van der Waals surface area contributed by atoms with Crippen LogP contribution in [0.2, 0.25) is 0 Å². The lowest BCUT2D eigenvalue weighted by atomic mass is 9.97. The molecule has 3 rings (SSSR count). The number of hydrogen-bond donors (Lipinski definition) is 1. The highest BCUT2D eigenvalue weighted by atomic mass is 35.5. The summed E-state index contributed by atoms with van der Waals surface area (Å²) >= 11 is 0. The zero-order valence-electron chi connectivity index (χ0n) is 18.6. The second-order valence-corrected chi connectivity index (χ2v) is 9.57. The van der Waals surface area contributed by atoms with Crippen molar-refractivity contribution < 1.29 is 27.4 Å². The zero-order chi connectivity index (χ0) is 22.4. The van der Waals surface area contributed by atoms with E-state index in [-0.39, 0.29) is 25.1 Å². The normalized spacial score (nSPS) is 22.2. The van der Waals surface area contributed by atoms with E-state index in [4.69, 9.17) is 14.2 Å². The molecule has 2 atom stereocenters. The third kappa shape index (κ3) is 7.06. The topological polar surface area (TPSA) is 123 Å². The first kappa shape index (κ1) is 26.4. The largest absolute Gasteiger partial charge is 0.481 e. The molecular formula is C19H32ClN5O6S. The quantitative estimate of drug-likeness (QED) is 0.593. The molecule has 0 saturated carbocycles. The monoisotopic (exact) mass is 493 g/mol. The lowest BCUT2D eigenvalue weighted by molar-refractivity contribution is -0.0181. The first-order chi connectivity index (χ1) is 14.8. The number of piperidine rings is 2. The minimum Gasteiger partial charge on any atom is -0.481 e. The maximum atomic E-state index is 12.2. The summed E-state index contributed by atoms with van der Waals surface area (Å²) < 4.78 is 42.5. The number of anilines is 1. The molecule has 2 fully saturated rings. The summed E-state index contributed by atoms with van der Waals surface area (Å²) in [5.41, 5.74) is 0. The van der Waals surface area contributed by atoms with Gasteiger partial charge in [-0.3, -0.25) is 0 Å². The molecule has 1 amide bonds. The molecule has 0 unspecified atom stereocenters. The Balaban J connectivity index is 0.00000363. The number of methoxy groups -OCH3 is 2. The van der Waals surface area contributed by atoms with Gasteiger partial charge in [-0.15, -0.1) is 12.4 Å². The van der Waals surface area contributed by atoms with E-state index in [0.717, 1.165) is 32.2 Å². The zero-order valence-corrected chi connectivity index (χ0v) is 20.2. The van der Waals surface area contributed by atoms with E-state index in [1.807, 2.05) is 0 Å². The number of nitrogens with one attached hydrogen (secondary N) is 1. The summed E-state index contributed by atoms with van der Waals surface area (Å²) in [6, 6.07) is 0.876. The summed E-state index contributed by atoms with van der Waals surface area (Å²) in [7, 11) is -0.520. The summed E-state index contributed by atoms with van der Waals surface area (Å²) in [6.07, 6.45) is 5.20. The number of carbonyl (C=O) groups is 1. The Kier molecular flexibility index (Phi) is 9.74. The minimum atomic E-state index is -3.41. The van der Waals surface area contributed by atoms with Gasteiger partial charge >= 0.3 is 6.09 Å². The van der Waals surface area contributed by atoms with Crippen LogP contribution in [-0.4, -0.2) is 94.3 Å². The molecule has 0 spiro atoms. The van der Waals surface area contributed by atoms with Crippen LogP contribution >= 0.6 is 12.4 Å². The van der Waals surface area contributed by atoms with E-state index in [9.17, 15) is 13.2 Å². The Bertz CT molecular complexity index is 852. The van der Waals surface area contributed by atoms with Crippen LogP contribution < -0.4 is 14.4 Å². The molecule has 2 saturated heterocycles. The number of ether oxygens (including phenoxy) is 3. The van der Waals surface area contributed by atoms with Crippen LogP contribution in [0.4, 0.5) is 10.7 Å². The van der Waals surface area contributed by atoms with E-state index in [2.05, 4.69) is 19.6 Å². The predicted molar refractivity (Wildman–Crippen MR) is 121 cm³/mol. The van der Waals surface area contributed by atoms with Crippen LogP contribution in [0.3, 0.4) is 0 Å². The molecule has 0 aromatic carbocycles. The second-order valence-electron chi connectivity index (χ2n) is 7.79. The Hall–Kier alpha value is -1.89. The molecule has 13 heteroatoms. The van der Waals surface area contributed by atoms with Gasteiger partial charge in [-0.1, -0.05) is 0 Å². The first-order valence-corrected chi connectivity index (χ1v) is 12.3. The van der Waals surface area contributed by atoms with Gasteiger partial charge in [-0.05, 0) is 25.7 Å². The molecular weight excluding hydrogens is 462 g/mol. The van der Waals surface area contributed by atoms with Crippen molar-refractivity contribution in [1.82, 2.24) is 19.6 Å². The van der Waals surface area contributed by atoms with Gasteiger partial charge in [0.15, 0.2) is 0 Å². The van der Waals surface area contributed by atoms with Crippen molar-refractivity contribution in [2.24, 2.45) is 0 Å². The van der Waals surface area contributed by atoms with Crippen LogP contribution in [0.15, 0.2) is 12.3 Å². The van der Waals surface area contributed by atoms with E-state index < -0.39 is 28.2 Å². The molecule has 2 aliphatic rings. The number of amides is 1. The van der Waals surface area contributed by atoms with Gasteiger partial charge in [0.2, 0.25) is 21.9 Å². The Morgan fingerprint density at radius 2 is 1.94 bits per heavy atom. The fourth-order valence-electron chi connectivity index (χ4n) is 4.08. The highest BCUT2D eigenvalue weighted by Gasteiger charge is 2.37. The van der Waals surface area contributed by atoms with Crippen molar-refractivity contribution >= 4 is 34.5 Å². The molecule has 11 nitrogen and oxygen atoms in total. The highest BCUT2D eigenvalue weighted by molar-refractivity contribution is 7.88. The molecule has 3 heterocycles. The number of aromatic nitrogens is 2. The van der Waals surface area contributed by atoms with E-state index in [1.165, 1.54) is 7.11 Å². The van der Waals surface area contributed by atoms with Crippen molar-refractivity contribution in [1.29, 1.82) is 0 Å².